The molecule has 1 N–H and O–H groups in total. The Morgan fingerprint density at radius 2 is 1.86 bits per heavy atom. The summed E-state index contributed by atoms with van der Waals surface area (Å²) in [6, 6.07) is 0.879. The third kappa shape index (κ3) is 6.42. The van der Waals surface area contributed by atoms with E-state index in [1.165, 1.54) is 38.6 Å². The van der Waals surface area contributed by atoms with Crippen molar-refractivity contribution in [2.75, 3.05) is 6.54 Å². The smallest absolute Gasteiger partial charge is 0.00682 e. The first-order valence-corrected chi connectivity index (χ1v) is 6.21. The lowest BCUT2D eigenvalue weighted by Gasteiger charge is -2.20. The fraction of sp³-hybridized carbons (Fsp3) is 1.00. The normalized spacial score (nSPS) is 19.7. The van der Waals surface area contributed by atoms with Gasteiger partial charge in [0, 0.05) is 6.04 Å². The summed E-state index contributed by atoms with van der Waals surface area (Å²) in [5.41, 5.74) is 0.512. The molecular weight excluding hydrogens is 170 g/mol. The van der Waals surface area contributed by atoms with Crippen LogP contribution in [0, 0.1) is 11.3 Å². The first kappa shape index (κ1) is 12.0. The zero-order valence-corrected chi connectivity index (χ0v) is 10.4. The van der Waals surface area contributed by atoms with Gasteiger partial charge in [0.1, 0.15) is 0 Å². The minimum atomic E-state index is 0.512. The van der Waals surface area contributed by atoms with E-state index in [9.17, 15) is 0 Å². The Hall–Kier alpha value is -0.0400. The van der Waals surface area contributed by atoms with Crippen LogP contribution in [-0.2, 0) is 0 Å². The average molecular weight is 197 g/mol. The van der Waals surface area contributed by atoms with Crippen LogP contribution < -0.4 is 5.32 Å². The molecule has 0 aromatic carbocycles. The van der Waals surface area contributed by atoms with Crippen molar-refractivity contribution < 1.29 is 0 Å². The summed E-state index contributed by atoms with van der Waals surface area (Å²) in [6.45, 7) is 10.6. The number of hydrogen-bond acceptors (Lipinski definition) is 1. The lowest BCUT2D eigenvalue weighted by atomic mass is 9.86. The largest absolute Gasteiger partial charge is 0.314 e. The van der Waals surface area contributed by atoms with Crippen LogP contribution in [0.5, 0.6) is 0 Å². The predicted octanol–water partition coefficient (Wildman–Crippen LogP) is 3.59. The monoisotopic (exact) mass is 197 g/mol. The fourth-order valence-electron chi connectivity index (χ4n) is 1.65. The summed E-state index contributed by atoms with van der Waals surface area (Å²) in [4.78, 5) is 0. The number of rotatable bonds is 6. The molecule has 1 saturated carbocycles. The van der Waals surface area contributed by atoms with Crippen LogP contribution in [0.4, 0.5) is 0 Å². The third-order valence-electron chi connectivity index (χ3n) is 3.03. The molecule has 0 amide bonds. The molecule has 1 aliphatic rings. The molecule has 1 aliphatic carbocycles. The van der Waals surface area contributed by atoms with Crippen LogP contribution in [0.25, 0.3) is 0 Å². The lowest BCUT2D eigenvalue weighted by Crippen LogP contribution is -2.20. The molecule has 0 saturated heterocycles. The van der Waals surface area contributed by atoms with E-state index in [1.54, 1.807) is 0 Å². The van der Waals surface area contributed by atoms with Crippen LogP contribution in [-0.4, -0.2) is 12.6 Å². The van der Waals surface area contributed by atoms with E-state index in [1.807, 2.05) is 0 Å². The maximum Gasteiger partial charge on any atom is 0.00682 e. The lowest BCUT2D eigenvalue weighted by molar-refractivity contribution is 0.321. The van der Waals surface area contributed by atoms with Crippen LogP contribution in [0.3, 0.4) is 0 Å². The molecule has 1 unspecified atom stereocenters. The van der Waals surface area contributed by atoms with Crippen LogP contribution >= 0.6 is 0 Å². The molecule has 1 nitrogen and oxygen atoms in total. The first-order chi connectivity index (χ1) is 6.47. The van der Waals surface area contributed by atoms with Crippen molar-refractivity contribution in [3.63, 3.8) is 0 Å². The van der Waals surface area contributed by atoms with E-state index in [2.05, 4.69) is 33.0 Å². The molecule has 1 atom stereocenters. The third-order valence-corrected chi connectivity index (χ3v) is 3.03. The van der Waals surface area contributed by atoms with Gasteiger partial charge in [-0.15, -0.1) is 0 Å². The summed E-state index contributed by atoms with van der Waals surface area (Å²) in [5, 5.41) is 3.58. The second kappa shape index (κ2) is 5.16. The summed E-state index contributed by atoms with van der Waals surface area (Å²) in [6.07, 6.45) is 6.92. The maximum atomic E-state index is 3.58. The Balaban J connectivity index is 1.94. The van der Waals surface area contributed by atoms with Crippen molar-refractivity contribution in [3.8, 4) is 0 Å². The first-order valence-electron chi connectivity index (χ1n) is 6.21. The van der Waals surface area contributed by atoms with Crippen molar-refractivity contribution in [1.29, 1.82) is 0 Å². The molecule has 0 heterocycles. The Labute approximate surface area is 89.7 Å². The molecule has 0 spiro atoms. The van der Waals surface area contributed by atoms with E-state index in [4.69, 9.17) is 0 Å². The van der Waals surface area contributed by atoms with Crippen molar-refractivity contribution in [2.45, 2.75) is 65.8 Å². The molecule has 0 radical (unpaired) electrons. The molecule has 1 heteroatoms. The summed E-state index contributed by atoms with van der Waals surface area (Å²) in [7, 11) is 0. The topological polar surface area (TPSA) is 12.0 Å². The van der Waals surface area contributed by atoms with E-state index in [-0.39, 0.29) is 0 Å². The second-order valence-electron chi connectivity index (χ2n) is 6.22. The summed E-state index contributed by atoms with van der Waals surface area (Å²) < 4.78 is 0. The maximum absolute atomic E-state index is 3.58. The standard InChI is InChI=1S/C13H27N/c1-11(7-9-13(2,3)4)8-10-14-12-5-6-12/h11-12,14H,5-10H2,1-4H3. The predicted molar refractivity (Wildman–Crippen MR) is 63.5 cm³/mol. The van der Waals surface area contributed by atoms with Crippen LogP contribution in [0.15, 0.2) is 0 Å². The van der Waals surface area contributed by atoms with Gasteiger partial charge in [-0.05, 0) is 43.6 Å². The highest BCUT2D eigenvalue weighted by atomic mass is 14.9. The Bertz CT molecular complexity index is 153. The molecule has 0 bridgehead atoms. The SMILES string of the molecule is CC(CCNC1CC1)CCC(C)(C)C. The van der Waals surface area contributed by atoms with Crippen LogP contribution in [0.1, 0.15) is 59.8 Å². The molecule has 84 valence electrons. The van der Waals surface area contributed by atoms with Gasteiger partial charge in [-0.25, -0.2) is 0 Å². The van der Waals surface area contributed by atoms with Crippen molar-refractivity contribution in [2.24, 2.45) is 11.3 Å². The van der Waals surface area contributed by atoms with Crippen LogP contribution in [0.2, 0.25) is 0 Å². The minimum Gasteiger partial charge on any atom is -0.314 e. The molecular formula is C13H27N. The van der Waals surface area contributed by atoms with Gasteiger partial charge in [0.05, 0.1) is 0 Å². The zero-order valence-electron chi connectivity index (χ0n) is 10.4. The highest BCUT2D eigenvalue weighted by Gasteiger charge is 2.20. The van der Waals surface area contributed by atoms with Gasteiger partial charge in [-0.1, -0.05) is 34.1 Å². The fourth-order valence-corrected chi connectivity index (χ4v) is 1.65. The Kier molecular flexibility index (Phi) is 4.43. The summed E-state index contributed by atoms with van der Waals surface area (Å²) >= 11 is 0. The van der Waals surface area contributed by atoms with E-state index >= 15 is 0 Å². The highest BCUT2D eigenvalue weighted by Crippen LogP contribution is 2.25. The van der Waals surface area contributed by atoms with Gasteiger partial charge >= 0.3 is 0 Å². The second-order valence-corrected chi connectivity index (χ2v) is 6.22. The molecule has 0 aromatic rings. The van der Waals surface area contributed by atoms with Crippen molar-refractivity contribution in [3.05, 3.63) is 0 Å². The van der Waals surface area contributed by atoms with E-state index in [0.29, 0.717) is 5.41 Å². The molecule has 0 aromatic heterocycles. The van der Waals surface area contributed by atoms with Gasteiger partial charge < -0.3 is 5.32 Å². The van der Waals surface area contributed by atoms with Gasteiger partial charge in [0.25, 0.3) is 0 Å². The van der Waals surface area contributed by atoms with Gasteiger partial charge in [-0.3, -0.25) is 0 Å². The van der Waals surface area contributed by atoms with E-state index < -0.39 is 0 Å². The average Bonchev–Trinajstić information content (AvgIpc) is 2.83. The molecule has 1 rings (SSSR count). The quantitative estimate of drug-likeness (QED) is 0.686. The van der Waals surface area contributed by atoms with Gasteiger partial charge in [-0.2, -0.15) is 0 Å². The van der Waals surface area contributed by atoms with Crippen molar-refractivity contribution >= 4 is 0 Å². The van der Waals surface area contributed by atoms with E-state index in [0.717, 1.165) is 12.0 Å². The van der Waals surface area contributed by atoms with Gasteiger partial charge in [0.15, 0.2) is 0 Å². The number of hydrogen-bond donors (Lipinski definition) is 1. The summed E-state index contributed by atoms with van der Waals surface area (Å²) in [5.74, 6) is 0.889. The molecule has 14 heavy (non-hydrogen) atoms. The zero-order chi connectivity index (χ0) is 10.6. The Morgan fingerprint density at radius 3 is 2.36 bits per heavy atom. The van der Waals surface area contributed by atoms with Gasteiger partial charge in [0.2, 0.25) is 0 Å². The highest BCUT2D eigenvalue weighted by molar-refractivity contribution is 4.80. The minimum absolute atomic E-state index is 0.512. The Morgan fingerprint density at radius 1 is 1.21 bits per heavy atom. The molecule has 1 fully saturated rings. The number of nitrogens with one attached hydrogen (secondary N) is 1. The molecule has 0 aliphatic heterocycles. The van der Waals surface area contributed by atoms with Crippen molar-refractivity contribution in [1.82, 2.24) is 5.32 Å².